The second-order valence-electron chi connectivity index (χ2n) is 4.65. The summed E-state index contributed by atoms with van der Waals surface area (Å²) in [6.45, 7) is 3.43. The molecule has 1 heterocycles. The fraction of sp³-hybridized carbons (Fsp3) is 0.600. The van der Waals surface area contributed by atoms with E-state index in [2.05, 4.69) is 5.32 Å². The van der Waals surface area contributed by atoms with Gasteiger partial charge in [0.1, 0.15) is 12.4 Å². The molecule has 1 aliphatic heterocycles. The van der Waals surface area contributed by atoms with Gasteiger partial charge in [0.15, 0.2) is 11.5 Å². The maximum absolute atomic E-state index is 5.79. The molecular weight excluding hydrogens is 274 g/mol. The van der Waals surface area contributed by atoms with E-state index in [1.165, 1.54) is 0 Å². The Labute approximate surface area is 125 Å². The van der Waals surface area contributed by atoms with Crippen molar-refractivity contribution in [2.45, 2.75) is 13.0 Å². The second kappa shape index (κ2) is 8.71. The Hall–Kier alpha value is -1.50. The standard InChI is InChI=1S/C15H23NO5/c1-16-10-12-8-14-15(21-11-20-14)9-13(12)19-7-6-18-5-3-4-17-2/h8-9,16H,3-7,10-11H2,1-2H3. The minimum absolute atomic E-state index is 0.264. The van der Waals surface area contributed by atoms with E-state index in [1.54, 1.807) is 7.11 Å². The Bertz CT molecular complexity index is 438. The molecule has 0 saturated heterocycles. The summed E-state index contributed by atoms with van der Waals surface area (Å²) in [5, 5.41) is 3.12. The van der Waals surface area contributed by atoms with Crippen LogP contribution in [0, 0.1) is 0 Å². The number of nitrogens with one attached hydrogen (secondary N) is 1. The molecule has 2 rings (SSSR count). The van der Waals surface area contributed by atoms with Crippen LogP contribution in [0.2, 0.25) is 0 Å². The fourth-order valence-corrected chi connectivity index (χ4v) is 2.05. The SMILES string of the molecule is CNCc1cc2c(cc1OCCOCCCOC)OCO2. The Morgan fingerprint density at radius 1 is 1.10 bits per heavy atom. The van der Waals surface area contributed by atoms with E-state index >= 15 is 0 Å². The van der Waals surface area contributed by atoms with Crippen molar-refractivity contribution >= 4 is 0 Å². The third-order valence-electron chi connectivity index (χ3n) is 3.05. The highest BCUT2D eigenvalue weighted by Gasteiger charge is 2.17. The van der Waals surface area contributed by atoms with Crippen molar-refractivity contribution in [1.82, 2.24) is 5.32 Å². The minimum Gasteiger partial charge on any atom is -0.491 e. The first-order chi connectivity index (χ1) is 10.3. The molecule has 0 spiro atoms. The van der Waals surface area contributed by atoms with Gasteiger partial charge in [-0.25, -0.2) is 0 Å². The molecule has 0 amide bonds. The van der Waals surface area contributed by atoms with E-state index in [-0.39, 0.29) is 6.79 Å². The van der Waals surface area contributed by atoms with Gasteiger partial charge in [-0.15, -0.1) is 0 Å². The van der Waals surface area contributed by atoms with Crippen LogP contribution in [0.3, 0.4) is 0 Å². The van der Waals surface area contributed by atoms with Gasteiger partial charge in [-0.3, -0.25) is 0 Å². The van der Waals surface area contributed by atoms with Gasteiger partial charge in [0.05, 0.1) is 6.61 Å². The normalized spacial score (nSPS) is 12.7. The van der Waals surface area contributed by atoms with Gasteiger partial charge < -0.3 is 29.0 Å². The second-order valence-corrected chi connectivity index (χ2v) is 4.65. The maximum Gasteiger partial charge on any atom is 0.231 e. The molecule has 0 atom stereocenters. The van der Waals surface area contributed by atoms with Crippen molar-refractivity contribution in [2.24, 2.45) is 0 Å². The van der Waals surface area contributed by atoms with Gasteiger partial charge in [0.2, 0.25) is 6.79 Å². The molecule has 0 bridgehead atoms. The molecular formula is C15H23NO5. The molecule has 0 fully saturated rings. The van der Waals surface area contributed by atoms with E-state index in [0.717, 1.165) is 35.8 Å². The van der Waals surface area contributed by atoms with Crippen molar-refractivity contribution in [3.63, 3.8) is 0 Å². The van der Waals surface area contributed by atoms with Crippen LogP contribution >= 0.6 is 0 Å². The quantitative estimate of drug-likeness (QED) is 0.662. The van der Waals surface area contributed by atoms with E-state index in [1.807, 2.05) is 19.2 Å². The van der Waals surface area contributed by atoms with E-state index in [4.69, 9.17) is 23.7 Å². The number of hydrogen-bond acceptors (Lipinski definition) is 6. The third kappa shape index (κ3) is 4.77. The lowest BCUT2D eigenvalue weighted by Gasteiger charge is -2.12. The summed E-state index contributed by atoms with van der Waals surface area (Å²) >= 11 is 0. The van der Waals surface area contributed by atoms with Crippen LogP contribution in [0.15, 0.2) is 12.1 Å². The molecule has 0 saturated carbocycles. The van der Waals surface area contributed by atoms with Crippen molar-refractivity contribution in [2.75, 3.05) is 47.4 Å². The first kappa shape index (κ1) is 15.9. The highest BCUT2D eigenvalue weighted by Crippen LogP contribution is 2.38. The molecule has 1 N–H and O–H groups in total. The summed E-state index contributed by atoms with van der Waals surface area (Å²) in [6, 6.07) is 3.83. The summed E-state index contributed by atoms with van der Waals surface area (Å²) in [4.78, 5) is 0. The Kier molecular flexibility index (Phi) is 6.59. The van der Waals surface area contributed by atoms with Crippen molar-refractivity contribution in [3.05, 3.63) is 17.7 Å². The smallest absolute Gasteiger partial charge is 0.231 e. The fourth-order valence-electron chi connectivity index (χ4n) is 2.05. The summed E-state index contributed by atoms with van der Waals surface area (Å²) in [5.41, 5.74) is 1.04. The predicted molar refractivity (Wildman–Crippen MR) is 78.1 cm³/mol. The summed E-state index contributed by atoms with van der Waals surface area (Å²) in [6.07, 6.45) is 0.894. The molecule has 21 heavy (non-hydrogen) atoms. The average Bonchev–Trinajstić information content (AvgIpc) is 2.94. The lowest BCUT2D eigenvalue weighted by molar-refractivity contribution is 0.0803. The zero-order chi connectivity index (χ0) is 14.9. The van der Waals surface area contributed by atoms with Crippen LogP contribution in [-0.4, -0.2) is 47.4 Å². The Morgan fingerprint density at radius 3 is 2.67 bits per heavy atom. The molecule has 0 unspecified atom stereocenters. The molecule has 0 radical (unpaired) electrons. The number of benzene rings is 1. The lowest BCUT2D eigenvalue weighted by atomic mass is 10.1. The predicted octanol–water partition coefficient (Wildman–Crippen LogP) is 1.57. The summed E-state index contributed by atoms with van der Waals surface area (Å²) in [7, 11) is 3.58. The van der Waals surface area contributed by atoms with Crippen LogP contribution < -0.4 is 19.5 Å². The topological polar surface area (TPSA) is 58.2 Å². The molecule has 118 valence electrons. The van der Waals surface area contributed by atoms with E-state index < -0.39 is 0 Å². The number of rotatable bonds is 10. The Morgan fingerprint density at radius 2 is 1.90 bits per heavy atom. The van der Waals surface area contributed by atoms with Gasteiger partial charge >= 0.3 is 0 Å². The van der Waals surface area contributed by atoms with Gasteiger partial charge in [0, 0.05) is 38.5 Å². The first-order valence-corrected chi connectivity index (χ1v) is 7.11. The van der Waals surface area contributed by atoms with Gasteiger partial charge in [-0.2, -0.15) is 0 Å². The van der Waals surface area contributed by atoms with Crippen molar-refractivity contribution < 1.29 is 23.7 Å². The first-order valence-electron chi connectivity index (χ1n) is 7.11. The van der Waals surface area contributed by atoms with Gasteiger partial charge in [0.25, 0.3) is 0 Å². The molecule has 0 aromatic heterocycles. The van der Waals surface area contributed by atoms with Crippen LogP contribution in [-0.2, 0) is 16.0 Å². The maximum atomic E-state index is 5.79. The van der Waals surface area contributed by atoms with E-state index in [9.17, 15) is 0 Å². The van der Waals surface area contributed by atoms with Crippen LogP contribution in [0.5, 0.6) is 17.2 Å². The third-order valence-corrected chi connectivity index (χ3v) is 3.05. The number of hydrogen-bond donors (Lipinski definition) is 1. The highest BCUT2D eigenvalue weighted by molar-refractivity contribution is 5.51. The summed E-state index contributed by atoms with van der Waals surface area (Å²) < 4.78 is 27.0. The van der Waals surface area contributed by atoms with Crippen LogP contribution in [0.4, 0.5) is 0 Å². The number of ether oxygens (including phenoxy) is 5. The zero-order valence-electron chi connectivity index (χ0n) is 12.6. The molecule has 0 aliphatic carbocycles. The minimum atomic E-state index is 0.264. The number of methoxy groups -OCH3 is 1. The van der Waals surface area contributed by atoms with Crippen molar-refractivity contribution in [1.29, 1.82) is 0 Å². The molecule has 1 aliphatic rings. The average molecular weight is 297 g/mol. The van der Waals surface area contributed by atoms with Crippen LogP contribution in [0.25, 0.3) is 0 Å². The lowest BCUT2D eigenvalue weighted by Crippen LogP contribution is -2.11. The van der Waals surface area contributed by atoms with Gasteiger partial charge in [-0.1, -0.05) is 0 Å². The highest BCUT2D eigenvalue weighted by atomic mass is 16.7. The monoisotopic (exact) mass is 297 g/mol. The van der Waals surface area contributed by atoms with Crippen LogP contribution in [0.1, 0.15) is 12.0 Å². The molecule has 1 aromatic carbocycles. The largest absolute Gasteiger partial charge is 0.491 e. The zero-order valence-corrected chi connectivity index (χ0v) is 12.6. The summed E-state index contributed by atoms with van der Waals surface area (Å²) in [5.74, 6) is 2.29. The Balaban J connectivity index is 1.81. The molecule has 6 heteroatoms. The molecule has 6 nitrogen and oxygen atoms in total. The molecule has 1 aromatic rings. The van der Waals surface area contributed by atoms with E-state index in [0.29, 0.717) is 26.4 Å². The van der Waals surface area contributed by atoms with Gasteiger partial charge in [-0.05, 0) is 19.5 Å². The number of fused-ring (bicyclic) bond motifs is 1. The van der Waals surface area contributed by atoms with Crippen molar-refractivity contribution in [3.8, 4) is 17.2 Å².